The van der Waals surface area contributed by atoms with Gasteiger partial charge in [-0.05, 0) is 36.8 Å². The van der Waals surface area contributed by atoms with E-state index in [2.05, 4.69) is 15.3 Å². The largest absolute Gasteiger partial charge is 0.454 e. The molecule has 0 saturated carbocycles. The maximum absolute atomic E-state index is 12.3. The molecule has 1 aliphatic rings. The van der Waals surface area contributed by atoms with Gasteiger partial charge in [0, 0.05) is 5.56 Å². The molecule has 0 spiro atoms. The number of benzene rings is 2. The molecule has 0 atom stereocenters. The van der Waals surface area contributed by atoms with Crippen LogP contribution in [0, 0.1) is 6.92 Å². The minimum Gasteiger partial charge on any atom is -0.454 e. The number of aromatic nitrogens is 2. The van der Waals surface area contributed by atoms with Crippen molar-refractivity contribution in [3.05, 3.63) is 64.9 Å². The molecule has 1 amide bonds. The van der Waals surface area contributed by atoms with Gasteiger partial charge in [0.15, 0.2) is 17.3 Å². The Bertz CT molecular complexity index is 990. The highest BCUT2D eigenvalue weighted by Crippen LogP contribution is 2.37. The molecule has 0 bridgehead atoms. The minimum absolute atomic E-state index is 0.219. The van der Waals surface area contributed by atoms with E-state index in [1.165, 1.54) is 6.20 Å². The molecule has 1 aliphatic heterocycles. The molecule has 0 unspecified atom stereocenters. The Labute approximate surface area is 154 Å². The molecule has 7 heteroatoms. The lowest BCUT2D eigenvalue weighted by Gasteiger charge is -2.09. The van der Waals surface area contributed by atoms with Crippen LogP contribution < -0.4 is 14.8 Å². The number of halogens is 1. The van der Waals surface area contributed by atoms with Crippen molar-refractivity contribution in [1.29, 1.82) is 0 Å². The Morgan fingerprint density at radius 2 is 1.88 bits per heavy atom. The van der Waals surface area contributed by atoms with Crippen molar-refractivity contribution in [2.75, 3.05) is 12.1 Å². The monoisotopic (exact) mass is 367 g/mol. The van der Waals surface area contributed by atoms with Gasteiger partial charge in [0.25, 0.3) is 5.91 Å². The maximum atomic E-state index is 12.3. The summed E-state index contributed by atoms with van der Waals surface area (Å²) >= 11 is 6.04. The molecular weight excluding hydrogens is 354 g/mol. The average molecular weight is 368 g/mol. The highest BCUT2D eigenvalue weighted by molar-refractivity contribution is 6.34. The number of nitrogens with one attached hydrogen (secondary N) is 1. The average Bonchev–Trinajstić information content (AvgIpc) is 3.09. The van der Waals surface area contributed by atoms with Crippen molar-refractivity contribution in [2.45, 2.75) is 6.92 Å². The first kappa shape index (κ1) is 16.4. The molecule has 2 aromatic carbocycles. The summed E-state index contributed by atoms with van der Waals surface area (Å²) in [5, 5.41) is 3.07. The fourth-order valence-corrected chi connectivity index (χ4v) is 2.90. The zero-order chi connectivity index (χ0) is 18.1. The van der Waals surface area contributed by atoms with Crippen molar-refractivity contribution in [2.24, 2.45) is 0 Å². The van der Waals surface area contributed by atoms with Crippen LogP contribution in [-0.2, 0) is 0 Å². The Morgan fingerprint density at radius 3 is 2.62 bits per heavy atom. The van der Waals surface area contributed by atoms with Crippen LogP contribution in [0.2, 0.25) is 5.02 Å². The number of hydrogen-bond donors (Lipinski definition) is 1. The van der Waals surface area contributed by atoms with Gasteiger partial charge in [0.2, 0.25) is 6.79 Å². The number of rotatable bonds is 3. The molecule has 130 valence electrons. The normalized spacial score (nSPS) is 12.1. The zero-order valence-corrected chi connectivity index (χ0v) is 14.6. The molecule has 0 saturated heterocycles. The molecule has 0 aliphatic carbocycles. The Hall–Kier alpha value is -3.12. The quantitative estimate of drug-likeness (QED) is 0.754. The molecule has 2 heterocycles. The van der Waals surface area contributed by atoms with Crippen LogP contribution in [0.1, 0.15) is 15.9 Å². The maximum Gasteiger partial charge on any atom is 0.258 e. The van der Waals surface area contributed by atoms with Crippen molar-refractivity contribution in [3.8, 4) is 22.8 Å². The van der Waals surface area contributed by atoms with E-state index in [0.29, 0.717) is 27.8 Å². The summed E-state index contributed by atoms with van der Waals surface area (Å²) in [6.45, 7) is 2.18. The smallest absolute Gasteiger partial charge is 0.258 e. The third-order valence-electron chi connectivity index (χ3n) is 4.01. The van der Waals surface area contributed by atoms with Gasteiger partial charge in [-0.25, -0.2) is 4.98 Å². The van der Waals surface area contributed by atoms with Gasteiger partial charge in [-0.1, -0.05) is 23.7 Å². The first-order valence-electron chi connectivity index (χ1n) is 7.90. The number of fused-ring (bicyclic) bond motifs is 1. The third kappa shape index (κ3) is 3.07. The van der Waals surface area contributed by atoms with Crippen molar-refractivity contribution < 1.29 is 14.3 Å². The van der Waals surface area contributed by atoms with E-state index in [4.69, 9.17) is 21.1 Å². The minimum atomic E-state index is -0.336. The first-order chi connectivity index (χ1) is 12.6. The van der Waals surface area contributed by atoms with Gasteiger partial charge < -0.3 is 14.8 Å². The lowest BCUT2D eigenvalue weighted by molar-refractivity contribution is 0.102. The van der Waals surface area contributed by atoms with Crippen molar-refractivity contribution in [3.63, 3.8) is 0 Å². The molecule has 1 aromatic heterocycles. The summed E-state index contributed by atoms with van der Waals surface area (Å²) in [6, 6.07) is 10.6. The van der Waals surface area contributed by atoms with Gasteiger partial charge in [-0.15, -0.1) is 0 Å². The fourth-order valence-electron chi connectivity index (χ4n) is 2.68. The second-order valence-electron chi connectivity index (χ2n) is 5.74. The number of nitrogens with zero attached hydrogens (tertiary/aromatic N) is 2. The van der Waals surface area contributed by atoms with Crippen molar-refractivity contribution >= 4 is 23.3 Å². The van der Waals surface area contributed by atoms with E-state index in [1.54, 1.807) is 30.5 Å². The molecule has 6 nitrogen and oxygen atoms in total. The van der Waals surface area contributed by atoms with Gasteiger partial charge in [0.1, 0.15) is 0 Å². The number of carbonyl (C=O) groups is 1. The van der Waals surface area contributed by atoms with Crippen LogP contribution in [0.15, 0.2) is 48.8 Å². The van der Waals surface area contributed by atoms with Crippen LogP contribution in [0.4, 0.5) is 5.82 Å². The summed E-state index contributed by atoms with van der Waals surface area (Å²) in [6.07, 6.45) is 3.11. The lowest BCUT2D eigenvalue weighted by atomic mass is 10.1. The molecular formula is C19H14ClN3O3. The fraction of sp³-hybridized carbons (Fsp3) is 0.105. The predicted molar refractivity (Wildman–Crippen MR) is 97.7 cm³/mol. The number of ether oxygens (including phenoxy) is 2. The van der Waals surface area contributed by atoms with Gasteiger partial charge in [0.05, 0.1) is 28.7 Å². The Balaban J connectivity index is 1.56. The first-order valence-corrected chi connectivity index (χ1v) is 8.28. The van der Waals surface area contributed by atoms with Gasteiger partial charge >= 0.3 is 0 Å². The van der Waals surface area contributed by atoms with Gasteiger partial charge in [-0.2, -0.15) is 0 Å². The summed E-state index contributed by atoms with van der Waals surface area (Å²) in [7, 11) is 0. The SMILES string of the molecule is Cc1cc2c(cc1-c1cnc(NC(=O)c3ccccc3Cl)cn1)OCO2. The van der Waals surface area contributed by atoms with E-state index in [0.717, 1.165) is 16.9 Å². The number of anilines is 1. The predicted octanol–water partition coefficient (Wildman–Crippen LogP) is 4.09. The molecule has 4 rings (SSSR count). The van der Waals surface area contributed by atoms with E-state index >= 15 is 0 Å². The van der Waals surface area contributed by atoms with Crippen LogP contribution in [0.3, 0.4) is 0 Å². The van der Waals surface area contributed by atoms with Crippen LogP contribution in [-0.4, -0.2) is 22.7 Å². The number of hydrogen-bond acceptors (Lipinski definition) is 5. The van der Waals surface area contributed by atoms with E-state index in [1.807, 2.05) is 19.1 Å². The Morgan fingerprint density at radius 1 is 1.12 bits per heavy atom. The molecule has 0 radical (unpaired) electrons. The summed E-state index contributed by atoms with van der Waals surface area (Å²) in [5.41, 5.74) is 2.95. The van der Waals surface area contributed by atoms with Crippen LogP contribution in [0.5, 0.6) is 11.5 Å². The molecule has 1 N–H and O–H groups in total. The van der Waals surface area contributed by atoms with Crippen LogP contribution in [0.25, 0.3) is 11.3 Å². The van der Waals surface area contributed by atoms with E-state index in [9.17, 15) is 4.79 Å². The third-order valence-corrected chi connectivity index (χ3v) is 4.34. The molecule has 3 aromatic rings. The lowest BCUT2D eigenvalue weighted by Crippen LogP contribution is -2.13. The number of aryl methyl sites for hydroxylation is 1. The Kier molecular flexibility index (Phi) is 4.18. The summed E-state index contributed by atoms with van der Waals surface area (Å²) < 4.78 is 10.8. The highest BCUT2D eigenvalue weighted by atomic mass is 35.5. The highest BCUT2D eigenvalue weighted by Gasteiger charge is 2.17. The second kappa shape index (κ2) is 6.65. The van der Waals surface area contributed by atoms with Crippen LogP contribution >= 0.6 is 11.6 Å². The topological polar surface area (TPSA) is 73.3 Å². The summed E-state index contributed by atoms with van der Waals surface area (Å²) in [4.78, 5) is 21.0. The summed E-state index contributed by atoms with van der Waals surface area (Å²) in [5.74, 6) is 1.42. The molecule has 26 heavy (non-hydrogen) atoms. The van der Waals surface area contributed by atoms with E-state index in [-0.39, 0.29) is 12.7 Å². The standard InChI is InChI=1S/C19H14ClN3O3/c1-11-6-16-17(26-10-25-16)7-13(11)15-8-22-18(9-21-15)23-19(24)12-4-2-3-5-14(12)20/h2-9H,10H2,1H3,(H,22,23,24). The van der Waals surface area contributed by atoms with E-state index < -0.39 is 0 Å². The zero-order valence-electron chi connectivity index (χ0n) is 13.8. The number of carbonyl (C=O) groups excluding carboxylic acids is 1. The van der Waals surface area contributed by atoms with Gasteiger partial charge in [-0.3, -0.25) is 9.78 Å². The molecule has 0 fully saturated rings. The number of amides is 1. The second-order valence-corrected chi connectivity index (χ2v) is 6.15. The van der Waals surface area contributed by atoms with Crippen molar-refractivity contribution in [1.82, 2.24) is 9.97 Å².